The second-order valence-corrected chi connectivity index (χ2v) is 6.37. The minimum absolute atomic E-state index is 0. The van der Waals surface area contributed by atoms with Crippen LogP contribution in [0.25, 0.3) is 0 Å². The fraction of sp³-hybridized carbons (Fsp3) is 0.500. The van der Waals surface area contributed by atoms with Crippen LogP contribution in [0.5, 0.6) is 0 Å². The van der Waals surface area contributed by atoms with Crippen molar-refractivity contribution in [3.05, 3.63) is 29.8 Å². The molecule has 0 saturated carbocycles. The Labute approximate surface area is 115 Å². The maximum atomic E-state index is 12.4. The first-order valence-electron chi connectivity index (χ1n) is 5.81. The van der Waals surface area contributed by atoms with Crippen molar-refractivity contribution in [2.24, 2.45) is 0 Å². The number of rotatable bonds is 2. The van der Waals surface area contributed by atoms with Crippen LogP contribution in [0.15, 0.2) is 29.2 Å². The Bertz CT molecular complexity index is 487. The number of halogens is 1. The summed E-state index contributed by atoms with van der Waals surface area (Å²) in [6.45, 7) is 5.85. The lowest BCUT2D eigenvalue weighted by molar-refractivity contribution is 0.284. The van der Waals surface area contributed by atoms with Gasteiger partial charge in [-0.1, -0.05) is 17.7 Å². The lowest BCUT2D eigenvalue weighted by Crippen LogP contribution is -2.52. The van der Waals surface area contributed by atoms with Crippen LogP contribution in [0.4, 0.5) is 0 Å². The van der Waals surface area contributed by atoms with Gasteiger partial charge in [0.15, 0.2) is 0 Å². The zero-order valence-corrected chi connectivity index (χ0v) is 12.2. The second kappa shape index (κ2) is 6.02. The van der Waals surface area contributed by atoms with Crippen molar-refractivity contribution in [2.75, 3.05) is 19.6 Å². The average Bonchev–Trinajstić information content (AvgIpc) is 2.30. The Morgan fingerprint density at radius 1 is 1.28 bits per heavy atom. The third kappa shape index (κ3) is 3.03. The van der Waals surface area contributed by atoms with Gasteiger partial charge in [-0.25, -0.2) is 8.42 Å². The molecule has 0 radical (unpaired) electrons. The summed E-state index contributed by atoms with van der Waals surface area (Å²) in [5.41, 5.74) is 1.07. The van der Waals surface area contributed by atoms with Gasteiger partial charge in [0.1, 0.15) is 0 Å². The molecule has 0 spiro atoms. The highest BCUT2D eigenvalue weighted by Gasteiger charge is 2.30. The van der Waals surface area contributed by atoms with E-state index >= 15 is 0 Å². The van der Waals surface area contributed by atoms with Gasteiger partial charge in [0.05, 0.1) is 4.90 Å². The van der Waals surface area contributed by atoms with Crippen molar-refractivity contribution >= 4 is 22.4 Å². The zero-order chi connectivity index (χ0) is 12.5. The van der Waals surface area contributed by atoms with Gasteiger partial charge >= 0.3 is 0 Å². The van der Waals surface area contributed by atoms with E-state index in [1.165, 1.54) is 0 Å². The Morgan fingerprint density at radius 3 is 2.44 bits per heavy atom. The Hall–Kier alpha value is -0.620. The summed E-state index contributed by atoms with van der Waals surface area (Å²) in [4.78, 5) is 0.386. The summed E-state index contributed by atoms with van der Waals surface area (Å²) >= 11 is 0. The van der Waals surface area contributed by atoms with Crippen molar-refractivity contribution in [3.63, 3.8) is 0 Å². The number of hydrogen-bond acceptors (Lipinski definition) is 3. The molecule has 0 bridgehead atoms. The number of hydrogen-bond donors (Lipinski definition) is 1. The first-order chi connectivity index (χ1) is 8.01. The summed E-state index contributed by atoms with van der Waals surface area (Å²) < 4.78 is 26.4. The SMILES string of the molecule is Cc1ccc(S(=O)(=O)N2CCNC[C@@H]2C)cc1.Cl. The van der Waals surface area contributed by atoms with Crippen LogP contribution in [0, 0.1) is 6.92 Å². The van der Waals surface area contributed by atoms with Crippen molar-refractivity contribution in [2.45, 2.75) is 24.8 Å². The van der Waals surface area contributed by atoms with Crippen LogP contribution in [0.1, 0.15) is 12.5 Å². The van der Waals surface area contributed by atoms with Crippen molar-refractivity contribution < 1.29 is 8.42 Å². The normalized spacial score (nSPS) is 21.3. The molecular formula is C12H19ClN2O2S. The third-order valence-corrected chi connectivity index (χ3v) is 5.10. The maximum Gasteiger partial charge on any atom is 0.243 e. The van der Waals surface area contributed by atoms with Gasteiger partial charge in [-0.15, -0.1) is 12.4 Å². The Kier molecular flexibility index (Phi) is 5.16. The van der Waals surface area contributed by atoms with E-state index in [0.29, 0.717) is 18.0 Å². The van der Waals surface area contributed by atoms with Crippen LogP contribution in [0.2, 0.25) is 0 Å². The second-order valence-electron chi connectivity index (χ2n) is 4.48. The van der Waals surface area contributed by atoms with Crippen LogP contribution in [-0.4, -0.2) is 38.4 Å². The molecule has 0 amide bonds. The van der Waals surface area contributed by atoms with Gasteiger partial charge in [0.25, 0.3) is 0 Å². The van der Waals surface area contributed by atoms with Crippen LogP contribution in [0.3, 0.4) is 0 Å². The first kappa shape index (κ1) is 15.4. The molecular weight excluding hydrogens is 272 g/mol. The summed E-state index contributed by atoms with van der Waals surface area (Å²) in [6, 6.07) is 7.04. The molecule has 1 aromatic rings. The molecule has 0 aromatic heterocycles. The Morgan fingerprint density at radius 2 is 1.89 bits per heavy atom. The van der Waals surface area contributed by atoms with Gasteiger partial charge in [-0.2, -0.15) is 4.31 Å². The zero-order valence-electron chi connectivity index (χ0n) is 10.6. The molecule has 4 nitrogen and oxygen atoms in total. The molecule has 1 fully saturated rings. The predicted octanol–water partition coefficient (Wildman–Crippen LogP) is 1.40. The Balaban J connectivity index is 0.00000162. The average molecular weight is 291 g/mol. The number of nitrogens with zero attached hydrogens (tertiary/aromatic N) is 1. The molecule has 1 heterocycles. The lowest BCUT2D eigenvalue weighted by Gasteiger charge is -2.32. The number of piperazine rings is 1. The van der Waals surface area contributed by atoms with E-state index in [-0.39, 0.29) is 18.4 Å². The minimum atomic E-state index is -3.33. The third-order valence-electron chi connectivity index (χ3n) is 3.07. The van der Waals surface area contributed by atoms with Gasteiger partial charge < -0.3 is 5.32 Å². The highest BCUT2D eigenvalue weighted by molar-refractivity contribution is 7.89. The summed E-state index contributed by atoms with van der Waals surface area (Å²) in [6.07, 6.45) is 0. The molecule has 1 aliphatic heterocycles. The van der Waals surface area contributed by atoms with E-state index in [2.05, 4.69) is 5.32 Å². The number of benzene rings is 1. The molecule has 1 atom stereocenters. The molecule has 2 rings (SSSR count). The molecule has 1 aromatic carbocycles. The van der Waals surface area contributed by atoms with Crippen LogP contribution >= 0.6 is 12.4 Å². The fourth-order valence-electron chi connectivity index (χ4n) is 2.03. The summed E-state index contributed by atoms with van der Waals surface area (Å²) in [7, 11) is -3.33. The van der Waals surface area contributed by atoms with E-state index in [0.717, 1.165) is 12.1 Å². The van der Waals surface area contributed by atoms with Crippen LogP contribution < -0.4 is 5.32 Å². The quantitative estimate of drug-likeness (QED) is 0.896. The van der Waals surface area contributed by atoms with Gasteiger partial charge in [-0.3, -0.25) is 0 Å². The minimum Gasteiger partial charge on any atom is -0.314 e. The highest BCUT2D eigenvalue weighted by Crippen LogP contribution is 2.19. The monoisotopic (exact) mass is 290 g/mol. The first-order valence-corrected chi connectivity index (χ1v) is 7.25. The highest BCUT2D eigenvalue weighted by atomic mass is 35.5. The van der Waals surface area contributed by atoms with Gasteiger partial charge in [-0.05, 0) is 26.0 Å². The molecule has 6 heteroatoms. The standard InChI is InChI=1S/C12H18N2O2S.ClH/c1-10-3-5-12(6-4-10)17(15,16)14-8-7-13-9-11(14)2;/h3-6,11,13H,7-9H2,1-2H3;1H/t11-;/m0./s1. The topological polar surface area (TPSA) is 49.4 Å². The molecule has 1 saturated heterocycles. The molecule has 0 aliphatic carbocycles. The number of sulfonamides is 1. The van der Waals surface area contributed by atoms with E-state index in [4.69, 9.17) is 0 Å². The van der Waals surface area contributed by atoms with E-state index in [1.807, 2.05) is 26.0 Å². The maximum absolute atomic E-state index is 12.4. The van der Waals surface area contributed by atoms with Gasteiger partial charge in [0.2, 0.25) is 10.0 Å². The number of aryl methyl sites for hydroxylation is 1. The molecule has 1 N–H and O–H groups in total. The molecule has 18 heavy (non-hydrogen) atoms. The van der Waals surface area contributed by atoms with Gasteiger partial charge in [0, 0.05) is 25.7 Å². The molecule has 1 aliphatic rings. The molecule has 0 unspecified atom stereocenters. The molecule has 102 valence electrons. The van der Waals surface area contributed by atoms with Crippen molar-refractivity contribution in [1.29, 1.82) is 0 Å². The number of nitrogens with one attached hydrogen (secondary N) is 1. The van der Waals surface area contributed by atoms with E-state index in [9.17, 15) is 8.42 Å². The largest absolute Gasteiger partial charge is 0.314 e. The van der Waals surface area contributed by atoms with E-state index < -0.39 is 10.0 Å². The fourth-order valence-corrected chi connectivity index (χ4v) is 3.66. The van der Waals surface area contributed by atoms with Crippen LogP contribution in [-0.2, 0) is 10.0 Å². The summed E-state index contributed by atoms with van der Waals surface area (Å²) in [5, 5.41) is 3.19. The lowest BCUT2D eigenvalue weighted by atomic mass is 10.2. The predicted molar refractivity (Wildman–Crippen MR) is 74.7 cm³/mol. The van der Waals surface area contributed by atoms with Crippen molar-refractivity contribution in [1.82, 2.24) is 9.62 Å². The van der Waals surface area contributed by atoms with E-state index in [1.54, 1.807) is 16.4 Å². The summed E-state index contributed by atoms with van der Waals surface area (Å²) in [5.74, 6) is 0. The van der Waals surface area contributed by atoms with Crippen molar-refractivity contribution in [3.8, 4) is 0 Å². The smallest absolute Gasteiger partial charge is 0.243 e.